The predicted octanol–water partition coefficient (Wildman–Crippen LogP) is 1.66. The molecule has 4 nitrogen and oxygen atoms in total. The van der Waals surface area contributed by atoms with Crippen molar-refractivity contribution in [1.82, 2.24) is 14.8 Å². The second-order valence-corrected chi connectivity index (χ2v) is 3.90. The zero-order valence-electron chi connectivity index (χ0n) is 8.33. The largest absolute Gasteiger partial charge is 0.377 e. The van der Waals surface area contributed by atoms with Crippen LogP contribution in [0.2, 0.25) is 5.28 Å². The minimum absolute atomic E-state index is 0.253. The standard InChI is InChI=1S/C8H14ClN3O/c1-6-10-11-7(9)12(6)5-8(2,3)13-4/h5H2,1-4H3. The van der Waals surface area contributed by atoms with Crippen LogP contribution in [0.4, 0.5) is 0 Å². The minimum Gasteiger partial charge on any atom is -0.377 e. The van der Waals surface area contributed by atoms with Gasteiger partial charge in [-0.1, -0.05) is 0 Å². The highest BCUT2D eigenvalue weighted by Crippen LogP contribution is 2.15. The van der Waals surface area contributed by atoms with Crippen molar-refractivity contribution in [3.63, 3.8) is 0 Å². The van der Waals surface area contributed by atoms with Crippen LogP contribution in [-0.2, 0) is 11.3 Å². The summed E-state index contributed by atoms with van der Waals surface area (Å²) in [5.74, 6) is 0.801. The number of hydrogen-bond donors (Lipinski definition) is 0. The van der Waals surface area contributed by atoms with Gasteiger partial charge in [0.1, 0.15) is 5.82 Å². The third kappa shape index (κ3) is 2.42. The molecule has 13 heavy (non-hydrogen) atoms. The van der Waals surface area contributed by atoms with Gasteiger partial charge in [0, 0.05) is 7.11 Å². The van der Waals surface area contributed by atoms with Crippen LogP contribution in [0.5, 0.6) is 0 Å². The topological polar surface area (TPSA) is 39.9 Å². The minimum atomic E-state index is -0.253. The van der Waals surface area contributed by atoms with Crippen LogP contribution in [-0.4, -0.2) is 27.5 Å². The summed E-state index contributed by atoms with van der Waals surface area (Å²) >= 11 is 5.84. The molecule has 0 aliphatic carbocycles. The summed E-state index contributed by atoms with van der Waals surface area (Å²) in [5.41, 5.74) is -0.253. The van der Waals surface area contributed by atoms with Crippen molar-refractivity contribution in [3.05, 3.63) is 11.1 Å². The zero-order valence-corrected chi connectivity index (χ0v) is 9.09. The maximum atomic E-state index is 5.84. The molecular weight excluding hydrogens is 190 g/mol. The monoisotopic (exact) mass is 203 g/mol. The number of aromatic nitrogens is 3. The van der Waals surface area contributed by atoms with Gasteiger partial charge in [0.05, 0.1) is 12.1 Å². The number of halogens is 1. The Hall–Kier alpha value is -0.610. The number of aryl methyl sites for hydroxylation is 1. The number of hydrogen-bond acceptors (Lipinski definition) is 3. The summed E-state index contributed by atoms with van der Waals surface area (Å²) in [7, 11) is 1.67. The second kappa shape index (κ2) is 3.64. The number of nitrogens with zero attached hydrogens (tertiary/aromatic N) is 3. The van der Waals surface area contributed by atoms with Gasteiger partial charge in [0.2, 0.25) is 5.28 Å². The molecule has 1 rings (SSSR count). The maximum Gasteiger partial charge on any atom is 0.225 e. The first-order valence-electron chi connectivity index (χ1n) is 4.07. The van der Waals surface area contributed by atoms with E-state index in [0.29, 0.717) is 11.8 Å². The quantitative estimate of drug-likeness (QED) is 0.750. The van der Waals surface area contributed by atoms with Gasteiger partial charge in [-0.05, 0) is 32.4 Å². The van der Waals surface area contributed by atoms with E-state index in [-0.39, 0.29) is 5.60 Å². The molecule has 0 saturated carbocycles. The Morgan fingerprint density at radius 3 is 2.46 bits per heavy atom. The van der Waals surface area contributed by atoms with Crippen molar-refractivity contribution in [2.75, 3.05) is 7.11 Å². The summed E-state index contributed by atoms with van der Waals surface area (Å²) < 4.78 is 7.11. The lowest BCUT2D eigenvalue weighted by Gasteiger charge is -2.23. The molecule has 0 aromatic carbocycles. The van der Waals surface area contributed by atoms with Gasteiger partial charge >= 0.3 is 0 Å². The molecule has 0 aliphatic heterocycles. The average molecular weight is 204 g/mol. The van der Waals surface area contributed by atoms with Crippen molar-refractivity contribution in [2.24, 2.45) is 0 Å². The SMILES string of the molecule is COC(C)(C)Cn1c(C)nnc1Cl. The van der Waals surface area contributed by atoms with E-state index in [0.717, 1.165) is 5.82 Å². The highest BCUT2D eigenvalue weighted by molar-refractivity contribution is 6.28. The van der Waals surface area contributed by atoms with E-state index in [1.807, 2.05) is 25.3 Å². The van der Waals surface area contributed by atoms with Crippen LogP contribution in [0.3, 0.4) is 0 Å². The summed E-state index contributed by atoms with van der Waals surface area (Å²) in [4.78, 5) is 0. The smallest absolute Gasteiger partial charge is 0.225 e. The zero-order chi connectivity index (χ0) is 10.1. The molecule has 0 atom stereocenters. The molecule has 5 heteroatoms. The van der Waals surface area contributed by atoms with E-state index >= 15 is 0 Å². The van der Waals surface area contributed by atoms with Gasteiger partial charge in [0.25, 0.3) is 0 Å². The van der Waals surface area contributed by atoms with E-state index in [2.05, 4.69) is 10.2 Å². The summed E-state index contributed by atoms with van der Waals surface area (Å²) in [6, 6.07) is 0. The van der Waals surface area contributed by atoms with Gasteiger partial charge in [-0.15, -0.1) is 10.2 Å². The Balaban J connectivity index is 2.85. The normalized spacial score (nSPS) is 12.1. The lowest BCUT2D eigenvalue weighted by Crippen LogP contribution is -2.29. The van der Waals surface area contributed by atoms with Crippen molar-refractivity contribution >= 4 is 11.6 Å². The fourth-order valence-electron chi connectivity index (χ4n) is 0.980. The highest BCUT2D eigenvalue weighted by atomic mass is 35.5. The summed E-state index contributed by atoms with van der Waals surface area (Å²) in [6.45, 7) is 6.50. The van der Waals surface area contributed by atoms with Gasteiger partial charge in [-0.2, -0.15) is 0 Å². The molecule has 0 saturated heterocycles. The van der Waals surface area contributed by atoms with Crippen LogP contribution in [0.15, 0.2) is 0 Å². The van der Waals surface area contributed by atoms with Crippen LogP contribution in [0, 0.1) is 6.92 Å². The third-order valence-corrected chi connectivity index (χ3v) is 2.26. The first kappa shape index (κ1) is 10.5. The molecule has 0 amide bonds. The van der Waals surface area contributed by atoms with Crippen LogP contribution in [0.25, 0.3) is 0 Å². The molecule has 0 fully saturated rings. The van der Waals surface area contributed by atoms with Gasteiger partial charge < -0.3 is 4.74 Å². The third-order valence-electron chi connectivity index (χ3n) is 1.98. The van der Waals surface area contributed by atoms with Crippen molar-refractivity contribution < 1.29 is 4.74 Å². The molecule has 1 aromatic heterocycles. The number of rotatable bonds is 3. The van der Waals surface area contributed by atoms with Crippen LogP contribution >= 0.6 is 11.6 Å². The average Bonchev–Trinajstić information content (AvgIpc) is 2.36. The Morgan fingerprint density at radius 1 is 1.46 bits per heavy atom. The van der Waals surface area contributed by atoms with Gasteiger partial charge in [-0.3, -0.25) is 4.57 Å². The van der Waals surface area contributed by atoms with E-state index in [1.54, 1.807) is 7.11 Å². The van der Waals surface area contributed by atoms with Crippen molar-refractivity contribution in [2.45, 2.75) is 32.9 Å². The maximum absolute atomic E-state index is 5.84. The lowest BCUT2D eigenvalue weighted by atomic mass is 10.1. The van der Waals surface area contributed by atoms with Gasteiger partial charge in [0.15, 0.2) is 0 Å². The predicted molar refractivity (Wildman–Crippen MR) is 50.9 cm³/mol. The number of ether oxygens (including phenoxy) is 1. The molecule has 0 bridgehead atoms. The lowest BCUT2D eigenvalue weighted by molar-refractivity contribution is 0.00769. The van der Waals surface area contributed by atoms with Crippen molar-refractivity contribution in [3.8, 4) is 0 Å². The van der Waals surface area contributed by atoms with E-state index in [4.69, 9.17) is 16.3 Å². The molecule has 0 unspecified atom stereocenters. The first-order chi connectivity index (χ1) is 5.96. The molecular formula is C8H14ClN3O. The molecule has 1 aromatic rings. The Morgan fingerprint density at radius 2 is 2.08 bits per heavy atom. The Kier molecular flexibility index (Phi) is 2.93. The Bertz CT molecular complexity index is 276. The van der Waals surface area contributed by atoms with E-state index in [1.165, 1.54) is 0 Å². The molecule has 0 spiro atoms. The van der Waals surface area contributed by atoms with E-state index < -0.39 is 0 Å². The molecule has 1 heterocycles. The number of methoxy groups -OCH3 is 1. The van der Waals surface area contributed by atoms with E-state index in [9.17, 15) is 0 Å². The highest BCUT2D eigenvalue weighted by Gasteiger charge is 2.20. The van der Waals surface area contributed by atoms with Crippen LogP contribution < -0.4 is 0 Å². The first-order valence-corrected chi connectivity index (χ1v) is 4.44. The molecule has 0 N–H and O–H groups in total. The summed E-state index contributed by atoms with van der Waals surface area (Å²) in [5, 5.41) is 8.02. The van der Waals surface area contributed by atoms with Crippen LogP contribution in [0.1, 0.15) is 19.7 Å². The fraction of sp³-hybridized carbons (Fsp3) is 0.750. The second-order valence-electron chi connectivity index (χ2n) is 3.57. The fourth-order valence-corrected chi connectivity index (χ4v) is 1.20. The Labute approximate surface area is 82.9 Å². The molecule has 0 radical (unpaired) electrons. The van der Waals surface area contributed by atoms with Gasteiger partial charge in [-0.25, -0.2) is 0 Å². The molecule has 0 aliphatic rings. The molecule has 74 valence electrons. The summed E-state index contributed by atoms with van der Waals surface area (Å²) in [6.07, 6.45) is 0. The van der Waals surface area contributed by atoms with Crippen molar-refractivity contribution in [1.29, 1.82) is 0 Å².